The van der Waals surface area contributed by atoms with E-state index in [-0.39, 0.29) is 5.69 Å². The largest absolute Gasteiger partial charge is 0.497 e. The first-order valence-corrected chi connectivity index (χ1v) is 7.71. The zero-order valence-electron chi connectivity index (χ0n) is 13.6. The van der Waals surface area contributed by atoms with Gasteiger partial charge in [-0.05, 0) is 36.4 Å². The molecule has 7 heteroatoms. The zero-order chi connectivity index (χ0) is 17.6. The number of hydrogen-bond acceptors (Lipinski definition) is 6. The van der Waals surface area contributed by atoms with Crippen LogP contribution in [-0.4, -0.2) is 30.2 Å². The number of hydrogen-bond donors (Lipinski definition) is 1. The van der Waals surface area contributed by atoms with Crippen molar-refractivity contribution in [2.75, 3.05) is 25.6 Å². The van der Waals surface area contributed by atoms with Crippen molar-refractivity contribution in [3.8, 4) is 11.5 Å². The van der Waals surface area contributed by atoms with Crippen LogP contribution in [0.5, 0.6) is 11.5 Å². The van der Waals surface area contributed by atoms with Crippen LogP contribution in [-0.2, 0) is 0 Å². The number of non-ortho nitro benzene ring substituents is 1. The van der Waals surface area contributed by atoms with Gasteiger partial charge < -0.3 is 14.8 Å². The first-order chi connectivity index (χ1) is 12.2. The average molecular weight is 339 g/mol. The van der Waals surface area contributed by atoms with Crippen molar-refractivity contribution >= 4 is 22.1 Å². The molecule has 3 aromatic rings. The van der Waals surface area contributed by atoms with Crippen molar-refractivity contribution < 1.29 is 14.4 Å². The Hall–Kier alpha value is -3.35. The van der Waals surface area contributed by atoms with Crippen LogP contribution in [0, 0.1) is 10.1 Å². The summed E-state index contributed by atoms with van der Waals surface area (Å²) in [7, 11) is 1.61. The number of nitro benzene ring substituents is 1. The van der Waals surface area contributed by atoms with Crippen LogP contribution in [0.25, 0.3) is 10.8 Å². The second kappa shape index (κ2) is 7.48. The zero-order valence-corrected chi connectivity index (χ0v) is 13.6. The third-order valence-corrected chi connectivity index (χ3v) is 3.74. The molecule has 3 rings (SSSR count). The minimum absolute atomic E-state index is 0.0446. The predicted molar refractivity (Wildman–Crippen MR) is 95.4 cm³/mol. The van der Waals surface area contributed by atoms with Crippen molar-refractivity contribution in [1.29, 1.82) is 0 Å². The first-order valence-electron chi connectivity index (χ1n) is 7.71. The summed E-state index contributed by atoms with van der Waals surface area (Å²) < 4.78 is 10.8. The summed E-state index contributed by atoms with van der Waals surface area (Å²) in [6.07, 6.45) is 3.12. The van der Waals surface area contributed by atoms with Crippen LogP contribution in [0.2, 0.25) is 0 Å². The molecule has 0 saturated heterocycles. The van der Waals surface area contributed by atoms with E-state index in [1.54, 1.807) is 25.4 Å². The van der Waals surface area contributed by atoms with Gasteiger partial charge in [0.05, 0.1) is 17.4 Å². The Kier molecular flexibility index (Phi) is 4.94. The summed E-state index contributed by atoms with van der Waals surface area (Å²) in [5.41, 5.74) is 0.851. The molecule has 0 aliphatic rings. The Balaban J connectivity index is 1.65. The molecule has 0 amide bonds. The molecule has 0 aliphatic heterocycles. The van der Waals surface area contributed by atoms with Crippen LogP contribution < -0.4 is 14.8 Å². The number of pyridine rings is 1. The summed E-state index contributed by atoms with van der Waals surface area (Å²) >= 11 is 0. The van der Waals surface area contributed by atoms with E-state index in [2.05, 4.69) is 10.3 Å². The molecule has 1 heterocycles. The quantitative estimate of drug-likeness (QED) is 0.402. The molecule has 0 radical (unpaired) electrons. The third kappa shape index (κ3) is 3.77. The van der Waals surface area contributed by atoms with Crippen molar-refractivity contribution in [1.82, 2.24) is 4.98 Å². The fraction of sp³-hybridized carbons (Fsp3) is 0.167. The third-order valence-electron chi connectivity index (χ3n) is 3.74. The molecule has 0 fully saturated rings. The molecule has 2 aromatic carbocycles. The summed E-state index contributed by atoms with van der Waals surface area (Å²) in [5, 5.41) is 15.6. The molecule has 0 bridgehead atoms. The molecule has 7 nitrogen and oxygen atoms in total. The Labute approximate surface area is 144 Å². The van der Waals surface area contributed by atoms with Crippen molar-refractivity contribution in [3.63, 3.8) is 0 Å². The second-order valence-corrected chi connectivity index (χ2v) is 5.26. The minimum Gasteiger partial charge on any atom is -0.497 e. The van der Waals surface area contributed by atoms with Gasteiger partial charge in [-0.2, -0.15) is 0 Å². The minimum atomic E-state index is -0.402. The van der Waals surface area contributed by atoms with Gasteiger partial charge in [0.25, 0.3) is 5.69 Å². The predicted octanol–water partition coefficient (Wildman–Crippen LogP) is 3.64. The Morgan fingerprint density at radius 1 is 1.08 bits per heavy atom. The molecule has 0 spiro atoms. The lowest BCUT2D eigenvalue weighted by Gasteiger charge is -2.11. The lowest BCUT2D eigenvalue weighted by molar-refractivity contribution is -0.383. The number of nitro groups is 1. The van der Waals surface area contributed by atoms with E-state index < -0.39 is 4.92 Å². The summed E-state index contributed by atoms with van der Waals surface area (Å²) in [4.78, 5) is 14.7. The fourth-order valence-electron chi connectivity index (χ4n) is 2.52. The standard InChI is InChI=1S/C18H17N3O4/c1-24-13-2-4-14(5-3-13)25-11-10-20-17-6-7-18(21(22)23)16-12-19-9-8-15(16)17/h2-9,12,20H,10-11H2,1H3. The normalized spacial score (nSPS) is 10.4. The van der Waals surface area contributed by atoms with Gasteiger partial charge in [-0.3, -0.25) is 15.1 Å². The van der Waals surface area contributed by atoms with Gasteiger partial charge in [0.1, 0.15) is 18.1 Å². The number of methoxy groups -OCH3 is 1. The lowest BCUT2D eigenvalue weighted by atomic mass is 10.1. The van der Waals surface area contributed by atoms with Gasteiger partial charge in [0.2, 0.25) is 0 Å². The molecule has 0 saturated carbocycles. The number of aromatic nitrogens is 1. The van der Waals surface area contributed by atoms with E-state index in [9.17, 15) is 10.1 Å². The highest BCUT2D eigenvalue weighted by atomic mass is 16.6. The molecule has 0 aliphatic carbocycles. The highest BCUT2D eigenvalue weighted by Gasteiger charge is 2.14. The Morgan fingerprint density at radius 3 is 2.56 bits per heavy atom. The topological polar surface area (TPSA) is 86.5 Å². The number of anilines is 1. The van der Waals surface area contributed by atoms with Gasteiger partial charge in [-0.15, -0.1) is 0 Å². The second-order valence-electron chi connectivity index (χ2n) is 5.26. The lowest BCUT2D eigenvalue weighted by Crippen LogP contribution is -2.11. The van der Waals surface area contributed by atoms with Gasteiger partial charge in [0, 0.05) is 36.1 Å². The number of fused-ring (bicyclic) bond motifs is 1. The molecular weight excluding hydrogens is 322 g/mol. The van der Waals surface area contributed by atoms with Gasteiger partial charge >= 0.3 is 0 Å². The maximum atomic E-state index is 11.1. The van der Waals surface area contributed by atoms with E-state index in [4.69, 9.17) is 9.47 Å². The smallest absolute Gasteiger partial charge is 0.278 e. The molecule has 1 aromatic heterocycles. The maximum absolute atomic E-state index is 11.1. The summed E-state index contributed by atoms with van der Waals surface area (Å²) in [6, 6.07) is 12.3. The van der Waals surface area contributed by atoms with Crippen LogP contribution in [0.1, 0.15) is 0 Å². The van der Waals surface area contributed by atoms with Crippen molar-refractivity contribution in [3.05, 3.63) is 65.0 Å². The van der Waals surface area contributed by atoms with E-state index in [0.29, 0.717) is 18.5 Å². The monoisotopic (exact) mass is 339 g/mol. The van der Waals surface area contributed by atoms with E-state index in [1.807, 2.05) is 24.3 Å². The first kappa shape index (κ1) is 16.5. The van der Waals surface area contributed by atoms with Crippen LogP contribution >= 0.6 is 0 Å². The number of nitrogens with one attached hydrogen (secondary N) is 1. The van der Waals surface area contributed by atoms with Crippen LogP contribution in [0.4, 0.5) is 11.4 Å². The molecular formula is C18H17N3O4. The average Bonchev–Trinajstić information content (AvgIpc) is 2.65. The summed E-state index contributed by atoms with van der Waals surface area (Å²) in [5.74, 6) is 1.52. The van der Waals surface area contributed by atoms with Crippen LogP contribution in [0.15, 0.2) is 54.9 Å². The van der Waals surface area contributed by atoms with Gasteiger partial charge in [0.15, 0.2) is 0 Å². The molecule has 0 atom stereocenters. The Morgan fingerprint density at radius 2 is 1.84 bits per heavy atom. The number of benzene rings is 2. The van der Waals surface area contributed by atoms with Gasteiger partial charge in [-0.25, -0.2) is 0 Å². The maximum Gasteiger partial charge on any atom is 0.278 e. The fourth-order valence-corrected chi connectivity index (χ4v) is 2.52. The van der Waals surface area contributed by atoms with Crippen molar-refractivity contribution in [2.24, 2.45) is 0 Å². The molecule has 0 unspecified atom stereocenters. The number of rotatable bonds is 7. The molecule has 128 valence electrons. The summed E-state index contributed by atoms with van der Waals surface area (Å²) in [6.45, 7) is 1.01. The van der Waals surface area contributed by atoms with E-state index in [0.717, 1.165) is 22.6 Å². The van der Waals surface area contributed by atoms with E-state index >= 15 is 0 Å². The molecule has 25 heavy (non-hydrogen) atoms. The van der Waals surface area contributed by atoms with Crippen molar-refractivity contribution in [2.45, 2.75) is 0 Å². The van der Waals surface area contributed by atoms with Gasteiger partial charge in [-0.1, -0.05) is 0 Å². The Bertz CT molecular complexity index is 881. The van der Waals surface area contributed by atoms with Crippen LogP contribution in [0.3, 0.4) is 0 Å². The highest BCUT2D eigenvalue weighted by Crippen LogP contribution is 2.30. The highest BCUT2D eigenvalue weighted by molar-refractivity contribution is 5.99. The van der Waals surface area contributed by atoms with E-state index in [1.165, 1.54) is 12.3 Å². The number of nitrogens with zero attached hydrogens (tertiary/aromatic N) is 2. The number of ether oxygens (including phenoxy) is 2. The SMILES string of the molecule is COc1ccc(OCCNc2ccc([N+](=O)[O-])c3cnccc23)cc1. The molecule has 1 N–H and O–H groups in total.